The molecule has 0 radical (unpaired) electrons. The van der Waals surface area contributed by atoms with Crippen molar-refractivity contribution in [3.05, 3.63) is 35.4 Å². The summed E-state index contributed by atoms with van der Waals surface area (Å²) in [7, 11) is 0. The van der Waals surface area contributed by atoms with Crippen LogP contribution in [0, 0.1) is 5.92 Å². The van der Waals surface area contributed by atoms with Gasteiger partial charge in [0.2, 0.25) is 5.91 Å². The van der Waals surface area contributed by atoms with Crippen LogP contribution in [0.4, 0.5) is 0 Å². The third-order valence-electron chi connectivity index (χ3n) is 6.20. The van der Waals surface area contributed by atoms with Gasteiger partial charge in [0.25, 0.3) is 5.91 Å². The SMILES string of the molecule is Cl.O=C(NCc1ccc(C(=O)N2CCC3CCC(C2)N3)cc1)C1CCCC1. The molecule has 2 unspecified atom stereocenters. The molecule has 1 aromatic rings. The van der Waals surface area contributed by atoms with Crippen molar-refractivity contribution in [3.63, 3.8) is 0 Å². The van der Waals surface area contributed by atoms with Gasteiger partial charge in [0.15, 0.2) is 0 Å². The van der Waals surface area contributed by atoms with E-state index in [1.54, 1.807) is 0 Å². The minimum Gasteiger partial charge on any atom is -0.352 e. The van der Waals surface area contributed by atoms with E-state index in [4.69, 9.17) is 0 Å². The molecule has 4 rings (SSSR count). The number of nitrogens with one attached hydrogen (secondary N) is 2. The van der Waals surface area contributed by atoms with Crippen LogP contribution in [0.5, 0.6) is 0 Å². The highest BCUT2D eigenvalue weighted by molar-refractivity contribution is 5.94. The van der Waals surface area contributed by atoms with Crippen LogP contribution in [0.1, 0.15) is 60.9 Å². The summed E-state index contributed by atoms with van der Waals surface area (Å²) in [5.74, 6) is 0.499. The second-order valence-corrected chi connectivity index (χ2v) is 8.07. The third kappa shape index (κ3) is 4.82. The molecule has 2 saturated heterocycles. The molecule has 2 N–H and O–H groups in total. The highest BCUT2D eigenvalue weighted by Gasteiger charge is 2.31. The molecule has 1 saturated carbocycles. The van der Waals surface area contributed by atoms with Crippen molar-refractivity contribution >= 4 is 24.2 Å². The first-order valence-corrected chi connectivity index (χ1v) is 10.1. The van der Waals surface area contributed by atoms with E-state index in [9.17, 15) is 9.59 Å². The fourth-order valence-corrected chi connectivity index (χ4v) is 4.60. The molecular weight excluding hydrogens is 362 g/mol. The van der Waals surface area contributed by atoms with Gasteiger partial charge in [0.1, 0.15) is 0 Å². The zero-order valence-electron chi connectivity index (χ0n) is 15.8. The summed E-state index contributed by atoms with van der Waals surface area (Å²) in [5, 5.41) is 6.65. The number of halogens is 1. The Bertz CT molecular complexity index is 658. The summed E-state index contributed by atoms with van der Waals surface area (Å²) >= 11 is 0. The summed E-state index contributed by atoms with van der Waals surface area (Å²) in [4.78, 5) is 26.9. The van der Waals surface area contributed by atoms with E-state index in [0.29, 0.717) is 18.6 Å². The van der Waals surface area contributed by atoms with E-state index in [0.717, 1.165) is 43.5 Å². The summed E-state index contributed by atoms with van der Waals surface area (Å²) in [6, 6.07) is 8.76. The van der Waals surface area contributed by atoms with Crippen molar-refractivity contribution in [1.29, 1.82) is 0 Å². The smallest absolute Gasteiger partial charge is 0.253 e. The number of likely N-dealkylation sites (tertiary alicyclic amines) is 1. The first-order chi connectivity index (χ1) is 12.7. The van der Waals surface area contributed by atoms with Gasteiger partial charge >= 0.3 is 0 Å². The van der Waals surface area contributed by atoms with Crippen LogP contribution in [-0.4, -0.2) is 41.9 Å². The van der Waals surface area contributed by atoms with E-state index in [1.807, 2.05) is 29.2 Å². The summed E-state index contributed by atoms with van der Waals surface area (Å²) in [6.07, 6.45) is 7.85. The Morgan fingerprint density at radius 1 is 1.00 bits per heavy atom. The first kappa shape index (κ1) is 20.2. The fourth-order valence-electron chi connectivity index (χ4n) is 4.60. The van der Waals surface area contributed by atoms with Crippen molar-refractivity contribution < 1.29 is 9.59 Å². The maximum atomic E-state index is 12.8. The number of hydrogen-bond donors (Lipinski definition) is 2. The predicted octanol–water partition coefficient (Wildman–Crippen LogP) is 2.88. The Morgan fingerprint density at radius 2 is 1.70 bits per heavy atom. The molecule has 5 nitrogen and oxygen atoms in total. The second kappa shape index (κ2) is 9.07. The van der Waals surface area contributed by atoms with Crippen LogP contribution in [0.15, 0.2) is 24.3 Å². The Balaban J connectivity index is 0.00000210. The van der Waals surface area contributed by atoms with Crippen molar-refractivity contribution in [2.24, 2.45) is 5.92 Å². The van der Waals surface area contributed by atoms with E-state index >= 15 is 0 Å². The number of fused-ring (bicyclic) bond motifs is 2. The number of carbonyl (C=O) groups excluding carboxylic acids is 2. The number of carbonyl (C=O) groups is 2. The lowest BCUT2D eigenvalue weighted by Gasteiger charge is -2.24. The van der Waals surface area contributed by atoms with Crippen molar-refractivity contribution in [2.75, 3.05) is 13.1 Å². The largest absolute Gasteiger partial charge is 0.352 e. The summed E-state index contributed by atoms with van der Waals surface area (Å²) in [6.45, 7) is 2.20. The molecule has 3 aliphatic rings. The molecule has 3 fully saturated rings. The van der Waals surface area contributed by atoms with E-state index in [2.05, 4.69) is 10.6 Å². The number of hydrogen-bond acceptors (Lipinski definition) is 3. The minimum absolute atomic E-state index is 0. The molecule has 1 aromatic carbocycles. The van der Waals surface area contributed by atoms with Crippen LogP contribution in [0.3, 0.4) is 0 Å². The normalized spacial score (nSPS) is 25.0. The fraction of sp³-hybridized carbons (Fsp3) is 0.619. The zero-order valence-corrected chi connectivity index (χ0v) is 16.6. The second-order valence-electron chi connectivity index (χ2n) is 8.07. The highest BCUT2D eigenvalue weighted by atomic mass is 35.5. The van der Waals surface area contributed by atoms with Crippen LogP contribution in [-0.2, 0) is 11.3 Å². The van der Waals surface area contributed by atoms with E-state index in [-0.39, 0.29) is 30.1 Å². The van der Waals surface area contributed by atoms with Gasteiger partial charge in [-0.2, -0.15) is 0 Å². The molecule has 2 atom stereocenters. The quantitative estimate of drug-likeness (QED) is 0.829. The monoisotopic (exact) mass is 391 g/mol. The molecule has 6 heteroatoms. The molecule has 2 aliphatic heterocycles. The first-order valence-electron chi connectivity index (χ1n) is 10.1. The van der Waals surface area contributed by atoms with Crippen LogP contribution < -0.4 is 10.6 Å². The van der Waals surface area contributed by atoms with Crippen molar-refractivity contribution in [3.8, 4) is 0 Å². The number of benzene rings is 1. The van der Waals surface area contributed by atoms with E-state index in [1.165, 1.54) is 25.7 Å². The molecule has 2 heterocycles. The standard InChI is InChI=1S/C21H29N3O2.ClH/c25-20(16-3-1-2-4-16)22-13-15-5-7-17(8-6-15)21(26)24-12-11-18-9-10-19(14-24)23-18;/h5-8,16,18-19,23H,1-4,9-14H2,(H,22,25);1H. The Hall–Kier alpha value is -1.59. The average Bonchev–Trinajstić information content (AvgIpc) is 3.29. The molecule has 0 spiro atoms. The number of nitrogens with zero attached hydrogens (tertiary/aromatic N) is 1. The lowest BCUT2D eigenvalue weighted by Crippen LogP contribution is -2.39. The van der Waals surface area contributed by atoms with Crippen LogP contribution in [0.2, 0.25) is 0 Å². The summed E-state index contributed by atoms with van der Waals surface area (Å²) < 4.78 is 0. The Kier molecular flexibility index (Phi) is 6.77. The topological polar surface area (TPSA) is 61.4 Å². The van der Waals surface area contributed by atoms with Gasteiger partial charge in [0, 0.05) is 43.2 Å². The lowest BCUT2D eigenvalue weighted by atomic mass is 10.1. The molecule has 2 amide bonds. The van der Waals surface area contributed by atoms with Gasteiger partial charge in [-0.1, -0.05) is 25.0 Å². The van der Waals surface area contributed by atoms with Crippen molar-refractivity contribution in [2.45, 2.75) is 63.6 Å². The number of rotatable bonds is 4. The van der Waals surface area contributed by atoms with Gasteiger partial charge in [-0.05, 0) is 49.8 Å². The average molecular weight is 392 g/mol. The maximum Gasteiger partial charge on any atom is 0.253 e. The Labute approximate surface area is 167 Å². The van der Waals surface area contributed by atoms with Gasteiger partial charge in [-0.25, -0.2) is 0 Å². The van der Waals surface area contributed by atoms with Crippen LogP contribution >= 0.6 is 12.4 Å². The molecule has 1 aliphatic carbocycles. The lowest BCUT2D eigenvalue weighted by molar-refractivity contribution is -0.124. The highest BCUT2D eigenvalue weighted by Crippen LogP contribution is 2.25. The summed E-state index contributed by atoms with van der Waals surface area (Å²) in [5.41, 5.74) is 1.79. The number of amides is 2. The third-order valence-corrected chi connectivity index (χ3v) is 6.20. The van der Waals surface area contributed by atoms with E-state index < -0.39 is 0 Å². The zero-order chi connectivity index (χ0) is 17.9. The molecular formula is C21H30ClN3O2. The minimum atomic E-state index is 0. The molecule has 2 bridgehead atoms. The van der Waals surface area contributed by atoms with Gasteiger partial charge in [0.05, 0.1) is 0 Å². The maximum absolute atomic E-state index is 12.8. The van der Waals surface area contributed by atoms with Crippen LogP contribution in [0.25, 0.3) is 0 Å². The predicted molar refractivity (Wildman–Crippen MR) is 108 cm³/mol. The van der Waals surface area contributed by atoms with Gasteiger partial charge < -0.3 is 15.5 Å². The van der Waals surface area contributed by atoms with Gasteiger partial charge in [-0.3, -0.25) is 9.59 Å². The molecule has 0 aromatic heterocycles. The van der Waals surface area contributed by atoms with Crippen molar-refractivity contribution in [1.82, 2.24) is 15.5 Å². The van der Waals surface area contributed by atoms with Gasteiger partial charge in [-0.15, -0.1) is 12.4 Å². The Morgan fingerprint density at radius 3 is 2.44 bits per heavy atom. The molecule has 27 heavy (non-hydrogen) atoms. The molecule has 148 valence electrons.